The Balaban J connectivity index is 2.41. The van der Waals surface area contributed by atoms with Gasteiger partial charge in [0.2, 0.25) is 5.79 Å². The number of likely N-dealkylation sites (N-methyl/N-ethyl adjacent to an activating group) is 1. The first-order chi connectivity index (χ1) is 3.65. The second-order valence-corrected chi connectivity index (χ2v) is 2.31. The average Bonchev–Trinajstić information content (AvgIpc) is 1.60. The van der Waals surface area contributed by atoms with Crippen LogP contribution >= 0.6 is 0 Å². The Labute approximate surface area is 48.2 Å². The largest absolute Gasteiger partial charge is 0.372 e. The lowest BCUT2D eigenvalue weighted by molar-refractivity contribution is -0.199. The van der Waals surface area contributed by atoms with Crippen molar-refractivity contribution in [1.29, 1.82) is 0 Å². The molecule has 1 saturated heterocycles. The SMILES string of the molecule is CN(C)C1(F)COC1. The zero-order chi connectivity index (χ0) is 6.20. The highest BCUT2D eigenvalue weighted by molar-refractivity contribution is 4.82. The van der Waals surface area contributed by atoms with E-state index in [1.807, 2.05) is 0 Å². The quantitative estimate of drug-likeness (QED) is 0.458. The molecule has 0 aromatic carbocycles. The van der Waals surface area contributed by atoms with E-state index in [-0.39, 0.29) is 13.2 Å². The van der Waals surface area contributed by atoms with Gasteiger partial charge in [-0.3, -0.25) is 4.90 Å². The van der Waals surface area contributed by atoms with Gasteiger partial charge < -0.3 is 4.74 Å². The topological polar surface area (TPSA) is 12.5 Å². The maximum atomic E-state index is 12.8. The van der Waals surface area contributed by atoms with Crippen LogP contribution in [0.3, 0.4) is 0 Å². The molecule has 0 aromatic rings. The van der Waals surface area contributed by atoms with Crippen LogP contribution in [0.15, 0.2) is 0 Å². The zero-order valence-electron chi connectivity index (χ0n) is 5.15. The molecule has 1 heterocycles. The lowest BCUT2D eigenvalue weighted by atomic mass is 10.2. The summed E-state index contributed by atoms with van der Waals surface area (Å²) in [5.74, 6) is -1.17. The van der Waals surface area contributed by atoms with Gasteiger partial charge in [-0.15, -0.1) is 0 Å². The second-order valence-electron chi connectivity index (χ2n) is 2.31. The molecule has 0 saturated carbocycles. The summed E-state index contributed by atoms with van der Waals surface area (Å²) in [7, 11) is 3.42. The van der Waals surface area contributed by atoms with Gasteiger partial charge in [0.1, 0.15) is 0 Å². The molecule has 0 radical (unpaired) electrons. The summed E-state index contributed by atoms with van der Waals surface area (Å²) in [6, 6.07) is 0. The third-order valence-corrected chi connectivity index (χ3v) is 1.45. The highest BCUT2D eigenvalue weighted by atomic mass is 19.1. The molecule has 1 fully saturated rings. The summed E-state index contributed by atoms with van der Waals surface area (Å²) in [5.41, 5.74) is 0. The van der Waals surface area contributed by atoms with E-state index >= 15 is 0 Å². The summed E-state index contributed by atoms with van der Waals surface area (Å²) in [4.78, 5) is 1.54. The van der Waals surface area contributed by atoms with Crippen molar-refractivity contribution in [2.75, 3.05) is 27.3 Å². The molecule has 0 spiro atoms. The molecule has 0 N–H and O–H groups in total. The van der Waals surface area contributed by atoms with Crippen LogP contribution < -0.4 is 0 Å². The molecule has 0 bridgehead atoms. The minimum absolute atomic E-state index is 0.222. The van der Waals surface area contributed by atoms with Gasteiger partial charge in [0.15, 0.2) is 0 Å². The lowest BCUT2D eigenvalue weighted by Gasteiger charge is -2.38. The average molecular weight is 119 g/mol. The monoisotopic (exact) mass is 119 g/mol. The van der Waals surface area contributed by atoms with Crippen LogP contribution in [0.1, 0.15) is 0 Å². The number of halogens is 1. The summed E-state index contributed by atoms with van der Waals surface area (Å²) in [5, 5.41) is 0. The predicted molar refractivity (Wildman–Crippen MR) is 28.3 cm³/mol. The third kappa shape index (κ3) is 0.717. The van der Waals surface area contributed by atoms with Crippen molar-refractivity contribution < 1.29 is 9.13 Å². The minimum Gasteiger partial charge on any atom is -0.372 e. The van der Waals surface area contributed by atoms with Crippen molar-refractivity contribution in [2.24, 2.45) is 0 Å². The Bertz CT molecular complexity index is 90.4. The molecule has 0 unspecified atom stereocenters. The molecule has 2 nitrogen and oxygen atoms in total. The maximum Gasteiger partial charge on any atom is 0.210 e. The first-order valence-corrected chi connectivity index (χ1v) is 2.59. The standard InChI is InChI=1S/C5H10FNO/c1-7(2)5(6)3-8-4-5/h3-4H2,1-2H3. The Kier molecular flexibility index (Phi) is 1.25. The van der Waals surface area contributed by atoms with E-state index in [0.717, 1.165) is 0 Å². The summed E-state index contributed by atoms with van der Waals surface area (Å²) < 4.78 is 17.5. The third-order valence-electron chi connectivity index (χ3n) is 1.45. The summed E-state index contributed by atoms with van der Waals surface area (Å²) >= 11 is 0. The van der Waals surface area contributed by atoms with Gasteiger partial charge >= 0.3 is 0 Å². The fourth-order valence-electron chi connectivity index (χ4n) is 0.529. The molecule has 48 valence electrons. The van der Waals surface area contributed by atoms with E-state index in [4.69, 9.17) is 0 Å². The first kappa shape index (κ1) is 5.98. The molecule has 0 atom stereocenters. The molecule has 1 rings (SSSR count). The Morgan fingerprint density at radius 2 is 2.00 bits per heavy atom. The number of hydrogen-bond donors (Lipinski definition) is 0. The lowest BCUT2D eigenvalue weighted by Crippen LogP contribution is -2.55. The first-order valence-electron chi connectivity index (χ1n) is 2.59. The number of rotatable bonds is 1. The molecule has 0 aliphatic carbocycles. The number of alkyl halides is 1. The Hall–Kier alpha value is -0.150. The van der Waals surface area contributed by atoms with Crippen molar-refractivity contribution in [3.63, 3.8) is 0 Å². The second kappa shape index (κ2) is 1.67. The van der Waals surface area contributed by atoms with Crippen LogP contribution in [0.4, 0.5) is 4.39 Å². The highest BCUT2D eigenvalue weighted by Crippen LogP contribution is 2.23. The van der Waals surface area contributed by atoms with Gasteiger partial charge in [0.05, 0.1) is 13.2 Å². The zero-order valence-corrected chi connectivity index (χ0v) is 5.15. The van der Waals surface area contributed by atoms with Crippen LogP contribution in [0, 0.1) is 0 Å². The molecule has 3 heteroatoms. The summed E-state index contributed by atoms with van der Waals surface area (Å²) in [6.07, 6.45) is 0. The Morgan fingerprint density at radius 1 is 1.50 bits per heavy atom. The minimum atomic E-state index is -1.17. The van der Waals surface area contributed by atoms with E-state index in [9.17, 15) is 4.39 Å². The van der Waals surface area contributed by atoms with Gasteiger partial charge in [-0.2, -0.15) is 0 Å². The van der Waals surface area contributed by atoms with Crippen molar-refractivity contribution in [3.05, 3.63) is 0 Å². The van der Waals surface area contributed by atoms with Crippen molar-refractivity contribution in [3.8, 4) is 0 Å². The molecule has 1 aliphatic rings. The van der Waals surface area contributed by atoms with Gasteiger partial charge in [-0.05, 0) is 14.1 Å². The van der Waals surface area contributed by atoms with Gasteiger partial charge in [0.25, 0.3) is 0 Å². The number of nitrogens with zero attached hydrogens (tertiary/aromatic N) is 1. The van der Waals surface area contributed by atoms with Crippen LogP contribution in [-0.2, 0) is 4.74 Å². The van der Waals surface area contributed by atoms with Crippen molar-refractivity contribution in [2.45, 2.75) is 5.79 Å². The predicted octanol–water partition coefficient (Wildman–Crippen LogP) is 0.244. The molecular formula is C5H10FNO. The fraction of sp³-hybridized carbons (Fsp3) is 1.00. The maximum absolute atomic E-state index is 12.8. The fourth-order valence-corrected chi connectivity index (χ4v) is 0.529. The van der Waals surface area contributed by atoms with Crippen molar-refractivity contribution >= 4 is 0 Å². The van der Waals surface area contributed by atoms with Crippen LogP contribution in [0.5, 0.6) is 0 Å². The van der Waals surface area contributed by atoms with E-state index in [1.165, 1.54) is 4.90 Å². The highest BCUT2D eigenvalue weighted by Gasteiger charge is 2.40. The molecule has 0 aromatic heterocycles. The van der Waals surface area contributed by atoms with Gasteiger partial charge in [0, 0.05) is 0 Å². The van der Waals surface area contributed by atoms with Crippen LogP contribution in [0.25, 0.3) is 0 Å². The van der Waals surface area contributed by atoms with Crippen molar-refractivity contribution in [1.82, 2.24) is 4.90 Å². The van der Waals surface area contributed by atoms with Crippen LogP contribution in [0.2, 0.25) is 0 Å². The van der Waals surface area contributed by atoms with Gasteiger partial charge in [-0.1, -0.05) is 0 Å². The number of hydrogen-bond acceptors (Lipinski definition) is 2. The molecule has 8 heavy (non-hydrogen) atoms. The molecule has 0 amide bonds. The van der Waals surface area contributed by atoms with Crippen LogP contribution in [-0.4, -0.2) is 38.0 Å². The summed E-state index contributed by atoms with van der Waals surface area (Å²) in [6.45, 7) is 0.444. The molecular weight excluding hydrogens is 109 g/mol. The Morgan fingerprint density at radius 3 is 2.00 bits per heavy atom. The molecule has 1 aliphatic heterocycles. The normalized spacial score (nSPS) is 25.5. The van der Waals surface area contributed by atoms with E-state index in [1.54, 1.807) is 14.1 Å². The smallest absolute Gasteiger partial charge is 0.210 e. The van der Waals surface area contributed by atoms with E-state index in [2.05, 4.69) is 4.74 Å². The van der Waals surface area contributed by atoms with E-state index in [0.29, 0.717) is 0 Å². The van der Waals surface area contributed by atoms with E-state index < -0.39 is 5.79 Å². The number of ether oxygens (including phenoxy) is 1. The van der Waals surface area contributed by atoms with Gasteiger partial charge in [-0.25, -0.2) is 4.39 Å².